The Labute approximate surface area is 125 Å². The summed E-state index contributed by atoms with van der Waals surface area (Å²) < 4.78 is 0. The van der Waals surface area contributed by atoms with Crippen LogP contribution in [0.5, 0.6) is 0 Å². The van der Waals surface area contributed by atoms with Crippen LogP contribution >= 0.6 is 0 Å². The number of hydrogen-bond donors (Lipinski definition) is 0. The van der Waals surface area contributed by atoms with Gasteiger partial charge in [0.25, 0.3) is 0 Å². The highest BCUT2D eigenvalue weighted by Gasteiger charge is 2.21. The van der Waals surface area contributed by atoms with Crippen LogP contribution in [0.4, 0.5) is 5.95 Å². The second kappa shape index (κ2) is 6.36. The number of rotatable bonds is 3. The number of anilines is 1. The minimum absolute atomic E-state index is 0.436. The Hall–Kier alpha value is -2.41. The summed E-state index contributed by atoms with van der Waals surface area (Å²) in [6, 6.07) is 14.4. The summed E-state index contributed by atoms with van der Waals surface area (Å²) in [4.78, 5) is 10.7. The molecule has 1 saturated heterocycles. The molecule has 0 aliphatic carbocycles. The number of aromatic nitrogens is 2. The van der Waals surface area contributed by atoms with Crippen LogP contribution in [0.2, 0.25) is 0 Å². The van der Waals surface area contributed by atoms with E-state index in [-0.39, 0.29) is 0 Å². The van der Waals surface area contributed by atoms with E-state index >= 15 is 0 Å². The van der Waals surface area contributed by atoms with Crippen LogP contribution in [0, 0.1) is 17.2 Å². The molecule has 0 saturated carbocycles. The quantitative estimate of drug-likeness (QED) is 0.866. The average Bonchev–Trinajstić information content (AvgIpc) is 2.56. The maximum atomic E-state index is 8.91. The molecule has 0 bridgehead atoms. The van der Waals surface area contributed by atoms with Gasteiger partial charge in [-0.2, -0.15) is 5.26 Å². The fourth-order valence-corrected chi connectivity index (χ4v) is 2.85. The smallest absolute Gasteiger partial charge is 0.226 e. The van der Waals surface area contributed by atoms with Crippen molar-refractivity contribution in [3.63, 3.8) is 0 Å². The zero-order valence-corrected chi connectivity index (χ0v) is 11.9. The first kappa shape index (κ1) is 13.6. The predicted octanol–water partition coefficient (Wildman–Crippen LogP) is 2.81. The molecule has 2 aromatic rings. The fourth-order valence-electron chi connectivity index (χ4n) is 2.85. The minimum atomic E-state index is 0.436. The van der Waals surface area contributed by atoms with Gasteiger partial charge in [0.1, 0.15) is 11.8 Å². The molecule has 0 N–H and O–H groups in total. The molecule has 0 spiro atoms. The van der Waals surface area contributed by atoms with Gasteiger partial charge >= 0.3 is 0 Å². The monoisotopic (exact) mass is 278 g/mol. The van der Waals surface area contributed by atoms with Crippen molar-refractivity contribution in [3.05, 3.63) is 53.9 Å². The molecule has 4 heteroatoms. The van der Waals surface area contributed by atoms with Gasteiger partial charge in [-0.1, -0.05) is 30.3 Å². The molecule has 0 unspecified atom stereocenters. The molecule has 2 heterocycles. The number of nitrogens with zero attached hydrogens (tertiary/aromatic N) is 4. The highest BCUT2D eigenvalue weighted by Crippen LogP contribution is 2.23. The Bertz CT molecular complexity index is 625. The van der Waals surface area contributed by atoms with E-state index < -0.39 is 0 Å². The van der Waals surface area contributed by atoms with Crippen molar-refractivity contribution >= 4 is 5.95 Å². The van der Waals surface area contributed by atoms with Crippen molar-refractivity contribution in [2.75, 3.05) is 18.0 Å². The predicted molar refractivity (Wildman–Crippen MR) is 81.8 cm³/mol. The van der Waals surface area contributed by atoms with Gasteiger partial charge < -0.3 is 4.90 Å². The van der Waals surface area contributed by atoms with Crippen LogP contribution in [-0.4, -0.2) is 23.1 Å². The maximum Gasteiger partial charge on any atom is 0.226 e. The molecule has 0 amide bonds. The standard InChI is InChI=1S/C17H18N4/c18-13-16-6-9-19-17(20-16)21-10-7-15(8-11-21)12-14-4-2-1-3-5-14/h1-6,9,15H,7-8,10-12H2. The summed E-state index contributed by atoms with van der Waals surface area (Å²) >= 11 is 0. The SMILES string of the molecule is N#Cc1ccnc(N2CCC(Cc3ccccc3)CC2)n1. The first-order valence-corrected chi connectivity index (χ1v) is 7.37. The molecule has 106 valence electrons. The molecular formula is C17H18N4. The summed E-state index contributed by atoms with van der Waals surface area (Å²) in [6.45, 7) is 1.93. The molecule has 21 heavy (non-hydrogen) atoms. The lowest BCUT2D eigenvalue weighted by Crippen LogP contribution is -2.35. The topological polar surface area (TPSA) is 52.8 Å². The minimum Gasteiger partial charge on any atom is -0.341 e. The lowest BCUT2D eigenvalue weighted by molar-refractivity contribution is 0.400. The van der Waals surface area contributed by atoms with E-state index in [0.717, 1.165) is 38.3 Å². The van der Waals surface area contributed by atoms with Gasteiger partial charge in [0, 0.05) is 19.3 Å². The molecule has 1 aromatic heterocycles. The molecule has 3 rings (SSSR count). The van der Waals surface area contributed by atoms with Crippen molar-refractivity contribution in [1.29, 1.82) is 5.26 Å². The van der Waals surface area contributed by atoms with Gasteiger partial charge in [-0.05, 0) is 36.8 Å². The van der Waals surface area contributed by atoms with Crippen LogP contribution in [0.25, 0.3) is 0 Å². The van der Waals surface area contributed by atoms with Gasteiger partial charge in [0.2, 0.25) is 5.95 Å². The van der Waals surface area contributed by atoms with E-state index in [1.807, 2.05) is 0 Å². The van der Waals surface area contributed by atoms with Gasteiger partial charge in [-0.15, -0.1) is 0 Å². The van der Waals surface area contributed by atoms with Crippen LogP contribution in [0.15, 0.2) is 42.6 Å². The largest absolute Gasteiger partial charge is 0.341 e. The summed E-state index contributed by atoms with van der Waals surface area (Å²) in [5.74, 6) is 1.41. The van der Waals surface area contributed by atoms with Gasteiger partial charge in [-0.3, -0.25) is 0 Å². The molecule has 1 fully saturated rings. The van der Waals surface area contributed by atoms with Crippen LogP contribution in [0.1, 0.15) is 24.1 Å². The zero-order valence-electron chi connectivity index (χ0n) is 11.9. The summed E-state index contributed by atoms with van der Waals surface area (Å²) in [7, 11) is 0. The first-order valence-electron chi connectivity index (χ1n) is 7.37. The molecule has 1 aliphatic heterocycles. The second-order valence-electron chi connectivity index (χ2n) is 5.47. The number of hydrogen-bond acceptors (Lipinski definition) is 4. The normalized spacial score (nSPS) is 15.7. The Morgan fingerprint density at radius 2 is 1.90 bits per heavy atom. The average molecular weight is 278 g/mol. The van der Waals surface area contributed by atoms with Crippen molar-refractivity contribution in [1.82, 2.24) is 9.97 Å². The van der Waals surface area contributed by atoms with E-state index in [1.165, 1.54) is 5.56 Å². The lowest BCUT2D eigenvalue weighted by Gasteiger charge is -2.32. The fraction of sp³-hybridized carbons (Fsp3) is 0.353. The Morgan fingerprint density at radius 3 is 2.62 bits per heavy atom. The molecular weight excluding hydrogens is 260 g/mol. The molecule has 4 nitrogen and oxygen atoms in total. The second-order valence-corrected chi connectivity index (χ2v) is 5.47. The lowest BCUT2D eigenvalue weighted by atomic mass is 9.90. The third kappa shape index (κ3) is 3.38. The molecule has 1 aliphatic rings. The van der Waals surface area contributed by atoms with Crippen LogP contribution in [0.3, 0.4) is 0 Å². The third-order valence-electron chi connectivity index (χ3n) is 4.02. The Balaban J connectivity index is 1.59. The number of nitriles is 1. The Kier molecular flexibility index (Phi) is 4.11. The number of benzene rings is 1. The summed E-state index contributed by atoms with van der Waals surface area (Å²) in [6.07, 6.45) is 5.11. The van der Waals surface area contributed by atoms with E-state index in [1.54, 1.807) is 12.3 Å². The first-order chi connectivity index (χ1) is 10.3. The van der Waals surface area contributed by atoms with Gasteiger partial charge in [0.05, 0.1) is 0 Å². The van der Waals surface area contributed by atoms with Crippen molar-refractivity contribution in [2.45, 2.75) is 19.3 Å². The van der Waals surface area contributed by atoms with Gasteiger partial charge in [0.15, 0.2) is 0 Å². The highest BCUT2D eigenvalue weighted by atomic mass is 15.2. The highest BCUT2D eigenvalue weighted by molar-refractivity contribution is 5.34. The van der Waals surface area contributed by atoms with Gasteiger partial charge in [-0.25, -0.2) is 9.97 Å². The van der Waals surface area contributed by atoms with E-state index in [0.29, 0.717) is 11.6 Å². The van der Waals surface area contributed by atoms with E-state index in [9.17, 15) is 0 Å². The van der Waals surface area contributed by atoms with Crippen molar-refractivity contribution < 1.29 is 0 Å². The maximum absolute atomic E-state index is 8.91. The van der Waals surface area contributed by atoms with Crippen molar-refractivity contribution in [2.24, 2.45) is 5.92 Å². The van der Waals surface area contributed by atoms with Crippen LogP contribution in [-0.2, 0) is 6.42 Å². The van der Waals surface area contributed by atoms with Crippen molar-refractivity contribution in [3.8, 4) is 6.07 Å². The Morgan fingerprint density at radius 1 is 1.14 bits per heavy atom. The number of piperidine rings is 1. The third-order valence-corrected chi connectivity index (χ3v) is 4.02. The molecule has 1 aromatic carbocycles. The summed E-state index contributed by atoms with van der Waals surface area (Å²) in [5, 5.41) is 8.91. The molecule has 0 atom stereocenters. The zero-order chi connectivity index (χ0) is 14.5. The van der Waals surface area contributed by atoms with E-state index in [2.05, 4.69) is 51.3 Å². The molecule has 0 radical (unpaired) electrons. The summed E-state index contributed by atoms with van der Waals surface area (Å²) in [5.41, 5.74) is 1.85. The van der Waals surface area contributed by atoms with E-state index in [4.69, 9.17) is 5.26 Å². The van der Waals surface area contributed by atoms with Crippen LogP contribution < -0.4 is 4.90 Å².